The van der Waals surface area contributed by atoms with Crippen LogP contribution in [0.5, 0.6) is 5.75 Å². The highest BCUT2D eigenvalue weighted by molar-refractivity contribution is 9.10. The molecule has 5 aromatic rings. The first-order valence-electron chi connectivity index (χ1n) is 11.1. The number of halogens is 1. The molecular formula is C29H21BrN2O3. The lowest BCUT2D eigenvalue weighted by Crippen LogP contribution is -2.08. The van der Waals surface area contributed by atoms with E-state index >= 15 is 0 Å². The van der Waals surface area contributed by atoms with Crippen LogP contribution in [0.15, 0.2) is 98.8 Å². The Hall–Kier alpha value is -4.03. The largest absolute Gasteiger partial charge is 0.436 e. The Morgan fingerprint density at radius 1 is 0.971 bits per heavy atom. The number of hydrogen-bond acceptors (Lipinski definition) is 5. The van der Waals surface area contributed by atoms with Gasteiger partial charge in [-0.15, -0.1) is 0 Å². The summed E-state index contributed by atoms with van der Waals surface area (Å²) in [4.78, 5) is 21.6. The van der Waals surface area contributed by atoms with Gasteiger partial charge in [0.2, 0.25) is 5.89 Å². The van der Waals surface area contributed by atoms with Gasteiger partial charge in [0.15, 0.2) is 5.58 Å². The summed E-state index contributed by atoms with van der Waals surface area (Å²) >= 11 is 3.36. The third-order valence-corrected chi connectivity index (χ3v) is 6.13. The Morgan fingerprint density at radius 2 is 1.74 bits per heavy atom. The molecule has 1 aromatic heterocycles. The van der Waals surface area contributed by atoms with E-state index in [4.69, 9.17) is 9.15 Å². The molecule has 0 radical (unpaired) electrons. The van der Waals surface area contributed by atoms with Gasteiger partial charge in [-0.3, -0.25) is 4.99 Å². The number of aromatic nitrogens is 1. The zero-order valence-electron chi connectivity index (χ0n) is 19.2. The summed E-state index contributed by atoms with van der Waals surface area (Å²) in [7, 11) is 0. The second-order valence-corrected chi connectivity index (χ2v) is 9.08. The van der Waals surface area contributed by atoms with Crippen LogP contribution in [-0.2, 0) is 0 Å². The van der Waals surface area contributed by atoms with Crippen molar-refractivity contribution in [3.05, 3.63) is 112 Å². The van der Waals surface area contributed by atoms with Crippen molar-refractivity contribution < 1.29 is 13.9 Å². The summed E-state index contributed by atoms with van der Waals surface area (Å²) < 4.78 is 12.3. The predicted octanol–water partition coefficient (Wildman–Crippen LogP) is 7.84. The zero-order chi connectivity index (χ0) is 24.4. The maximum Gasteiger partial charge on any atom is 0.343 e. The summed E-state index contributed by atoms with van der Waals surface area (Å²) in [5.41, 5.74) is 6.83. The van der Waals surface area contributed by atoms with E-state index in [1.54, 1.807) is 42.6 Å². The number of carbonyl (C=O) groups excluding carboxylic acids is 1. The van der Waals surface area contributed by atoms with Crippen LogP contribution < -0.4 is 4.74 Å². The molecule has 6 heteroatoms. The number of oxazole rings is 1. The maximum atomic E-state index is 12.3. The molecule has 0 unspecified atom stereocenters. The summed E-state index contributed by atoms with van der Waals surface area (Å²) in [5, 5.41) is 0. The standard InChI is InChI=1S/C29H21BrN2O3/c1-18-6-15-27-26(16-18)32-28(35-27)24-4-3-5-25(19(24)2)31-17-20-7-13-23(14-8-20)34-29(33)21-9-11-22(30)12-10-21/h3-17H,1-2H3. The highest BCUT2D eigenvalue weighted by Gasteiger charge is 2.13. The van der Waals surface area contributed by atoms with Crippen LogP contribution in [0.3, 0.4) is 0 Å². The van der Waals surface area contributed by atoms with Gasteiger partial charge in [-0.2, -0.15) is 0 Å². The third-order valence-electron chi connectivity index (χ3n) is 5.60. The second-order valence-electron chi connectivity index (χ2n) is 8.16. The van der Waals surface area contributed by atoms with Crippen LogP contribution >= 0.6 is 15.9 Å². The van der Waals surface area contributed by atoms with Crippen molar-refractivity contribution >= 4 is 44.9 Å². The van der Waals surface area contributed by atoms with E-state index in [1.165, 1.54) is 0 Å². The SMILES string of the molecule is Cc1ccc2oc(-c3cccc(N=Cc4ccc(OC(=O)c5ccc(Br)cc5)cc4)c3C)nc2c1. The van der Waals surface area contributed by atoms with Crippen LogP contribution in [-0.4, -0.2) is 17.2 Å². The number of aliphatic imine (C=N–C) groups is 1. The molecule has 0 bridgehead atoms. The van der Waals surface area contributed by atoms with Crippen molar-refractivity contribution in [2.24, 2.45) is 4.99 Å². The topological polar surface area (TPSA) is 64.7 Å². The summed E-state index contributed by atoms with van der Waals surface area (Å²) in [5.74, 6) is 0.650. The molecule has 0 saturated heterocycles. The molecule has 0 aliphatic rings. The Morgan fingerprint density at radius 3 is 2.51 bits per heavy atom. The van der Waals surface area contributed by atoms with E-state index in [-0.39, 0.29) is 0 Å². The number of benzene rings is 4. The molecule has 1 heterocycles. The number of rotatable bonds is 5. The molecule has 0 spiro atoms. The third kappa shape index (κ3) is 5.08. The van der Waals surface area contributed by atoms with Crippen LogP contribution in [0.2, 0.25) is 0 Å². The molecule has 0 saturated carbocycles. The lowest BCUT2D eigenvalue weighted by molar-refractivity contribution is 0.0734. The van der Waals surface area contributed by atoms with E-state index < -0.39 is 5.97 Å². The number of esters is 1. The first-order chi connectivity index (χ1) is 17.0. The Kier molecular flexibility index (Phi) is 6.29. The van der Waals surface area contributed by atoms with Gasteiger partial charge in [-0.1, -0.05) is 28.1 Å². The minimum Gasteiger partial charge on any atom is -0.436 e. The number of aryl methyl sites for hydroxylation is 1. The smallest absolute Gasteiger partial charge is 0.343 e. The minimum atomic E-state index is -0.402. The number of hydrogen-bond donors (Lipinski definition) is 0. The number of nitrogens with zero attached hydrogens (tertiary/aromatic N) is 2. The molecular weight excluding hydrogens is 504 g/mol. The van der Waals surface area contributed by atoms with Gasteiger partial charge in [-0.05, 0) is 103 Å². The molecule has 35 heavy (non-hydrogen) atoms. The van der Waals surface area contributed by atoms with Gasteiger partial charge in [-0.25, -0.2) is 9.78 Å². The molecule has 172 valence electrons. The number of ether oxygens (including phenoxy) is 1. The van der Waals surface area contributed by atoms with Gasteiger partial charge < -0.3 is 9.15 Å². The lowest BCUT2D eigenvalue weighted by Gasteiger charge is -2.06. The fraction of sp³-hybridized carbons (Fsp3) is 0.0690. The molecule has 0 atom stereocenters. The monoisotopic (exact) mass is 524 g/mol. The quantitative estimate of drug-likeness (QED) is 0.133. The van der Waals surface area contributed by atoms with Crippen molar-refractivity contribution in [3.63, 3.8) is 0 Å². The van der Waals surface area contributed by atoms with Crippen LogP contribution in [0.1, 0.15) is 27.0 Å². The van der Waals surface area contributed by atoms with Crippen molar-refractivity contribution in [1.29, 1.82) is 0 Å². The van der Waals surface area contributed by atoms with E-state index in [2.05, 4.69) is 25.9 Å². The first-order valence-corrected chi connectivity index (χ1v) is 11.8. The average Bonchev–Trinajstić information content (AvgIpc) is 3.27. The molecule has 0 fully saturated rings. The Bertz CT molecular complexity index is 1550. The maximum absolute atomic E-state index is 12.3. The first kappa shape index (κ1) is 22.7. The summed E-state index contributed by atoms with van der Waals surface area (Å²) in [6.07, 6.45) is 1.78. The van der Waals surface area contributed by atoms with Crippen molar-refractivity contribution in [3.8, 4) is 17.2 Å². The molecule has 0 aliphatic carbocycles. The van der Waals surface area contributed by atoms with E-state index in [1.807, 2.05) is 62.4 Å². The van der Waals surface area contributed by atoms with Crippen molar-refractivity contribution in [2.75, 3.05) is 0 Å². The van der Waals surface area contributed by atoms with Crippen molar-refractivity contribution in [2.45, 2.75) is 13.8 Å². The van der Waals surface area contributed by atoms with Gasteiger partial charge in [0, 0.05) is 16.3 Å². The van der Waals surface area contributed by atoms with Crippen LogP contribution in [0, 0.1) is 13.8 Å². The van der Waals surface area contributed by atoms with E-state index in [0.717, 1.165) is 43.5 Å². The second kappa shape index (κ2) is 9.68. The lowest BCUT2D eigenvalue weighted by atomic mass is 10.1. The van der Waals surface area contributed by atoms with Gasteiger partial charge >= 0.3 is 5.97 Å². The highest BCUT2D eigenvalue weighted by Crippen LogP contribution is 2.32. The molecule has 0 amide bonds. The predicted molar refractivity (Wildman–Crippen MR) is 142 cm³/mol. The fourth-order valence-corrected chi connectivity index (χ4v) is 3.93. The minimum absolute atomic E-state index is 0.402. The van der Waals surface area contributed by atoms with E-state index in [0.29, 0.717) is 17.2 Å². The Labute approximate surface area is 211 Å². The highest BCUT2D eigenvalue weighted by atomic mass is 79.9. The summed E-state index contributed by atoms with van der Waals surface area (Å²) in [6.45, 7) is 4.04. The van der Waals surface area contributed by atoms with Gasteiger partial charge in [0.1, 0.15) is 11.3 Å². The zero-order valence-corrected chi connectivity index (χ0v) is 20.7. The van der Waals surface area contributed by atoms with Gasteiger partial charge in [0.05, 0.1) is 11.3 Å². The molecule has 5 nitrogen and oxygen atoms in total. The Balaban J connectivity index is 1.32. The molecule has 4 aromatic carbocycles. The fourth-order valence-electron chi connectivity index (χ4n) is 3.67. The molecule has 0 N–H and O–H groups in total. The van der Waals surface area contributed by atoms with Crippen LogP contribution in [0.4, 0.5) is 5.69 Å². The summed E-state index contributed by atoms with van der Waals surface area (Å²) in [6, 6.07) is 26.1. The van der Waals surface area contributed by atoms with E-state index in [9.17, 15) is 4.79 Å². The van der Waals surface area contributed by atoms with Crippen LogP contribution in [0.25, 0.3) is 22.6 Å². The average molecular weight is 525 g/mol. The van der Waals surface area contributed by atoms with Gasteiger partial charge in [0.25, 0.3) is 0 Å². The van der Waals surface area contributed by atoms with Crippen molar-refractivity contribution in [1.82, 2.24) is 4.98 Å². The normalized spacial score (nSPS) is 11.3. The number of fused-ring (bicyclic) bond motifs is 1. The molecule has 0 aliphatic heterocycles. The number of carbonyl (C=O) groups is 1. The molecule has 5 rings (SSSR count).